The molecule has 0 aromatic heterocycles. The van der Waals surface area contributed by atoms with Crippen LogP contribution in [0.25, 0.3) is 0 Å². The van der Waals surface area contributed by atoms with Crippen molar-refractivity contribution in [1.29, 1.82) is 0 Å². The van der Waals surface area contributed by atoms with Crippen LogP contribution in [0.2, 0.25) is 0 Å². The summed E-state index contributed by atoms with van der Waals surface area (Å²) < 4.78 is 28.6. The van der Waals surface area contributed by atoms with Crippen molar-refractivity contribution in [2.24, 2.45) is 5.14 Å². The Labute approximate surface area is 148 Å². The van der Waals surface area contributed by atoms with Crippen LogP contribution in [-0.4, -0.2) is 33.4 Å². The number of carbonyl (C=O) groups excluding carboxylic acids is 1. The van der Waals surface area contributed by atoms with Crippen molar-refractivity contribution >= 4 is 15.9 Å². The van der Waals surface area contributed by atoms with E-state index in [0.29, 0.717) is 29.0 Å². The van der Waals surface area contributed by atoms with Crippen molar-refractivity contribution in [3.05, 3.63) is 58.7 Å². The van der Waals surface area contributed by atoms with E-state index in [1.807, 2.05) is 24.3 Å². The number of carbonyl (C=O) groups is 1. The predicted octanol–water partition coefficient (Wildman–Crippen LogP) is 2.23. The number of nitrogens with zero attached hydrogens (tertiary/aromatic N) is 1. The summed E-state index contributed by atoms with van der Waals surface area (Å²) in [5.41, 5.74) is 2.45. The minimum absolute atomic E-state index is 0.0313. The molecular weight excluding hydrogens is 340 g/mol. The van der Waals surface area contributed by atoms with E-state index in [4.69, 9.17) is 9.88 Å². The van der Waals surface area contributed by atoms with Crippen LogP contribution in [0.3, 0.4) is 0 Å². The molecule has 0 aliphatic heterocycles. The standard InChI is InChI=1S/C18H22N2O4S/c1-12-8-13(2)17(25(19,22)23)10-16(12)18(21)20(3)11-14-6-5-7-15(9-14)24-4/h5-10H,11H2,1-4H3,(H2,19,22,23). The molecule has 2 aromatic carbocycles. The normalized spacial score (nSPS) is 11.2. The molecule has 1 amide bonds. The highest BCUT2D eigenvalue weighted by atomic mass is 32.2. The number of hydrogen-bond acceptors (Lipinski definition) is 4. The topological polar surface area (TPSA) is 89.7 Å². The largest absolute Gasteiger partial charge is 0.497 e. The molecule has 0 aliphatic carbocycles. The predicted molar refractivity (Wildman–Crippen MR) is 96.1 cm³/mol. The molecule has 2 aromatic rings. The molecule has 0 radical (unpaired) electrons. The lowest BCUT2D eigenvalue weighted by Gasteiger charge is -2.20. The van der Waals surface area contributed by atoms with Crippen LogP contribution >= 0.6 is 0 Å². The van der Waals surface area contributed by atoms with Gasteiger partial charge in [-0.2, -0.15) is 0 Å². The molecule has 6 nitrogen and oxygen atoms in total. The summed E-state index contributed by atoms with van der Waals surface area (Å²) in [6.07, 6.45) is 0. The third kappa shape index (κ3) is 4.37. The minimum atomic E-state index is -3.89. The smallest absolute Gasteiger partial charge is 0.254 e. The van der Waals surface area contributed by atoms with E-state index in [0.717, 1.165) is 5.56 Å². The maximum atomic E-state index is 12.8. The van der Waals surface area contributed by atoms with Crippen LogP contribution < -0.4 is 9.88 Å². The van der Waals surface area contributed by atoms with E-state index in [1.54, 1.807) is 34.1 Å². The molecule has 2 rings (SSSR count). The third-order valence-corrected chi connectivity index (χ3v) is 5.01. The van der Waals surface area contributed by atoms with Crippen molar-refractivity contribution in [3.8, 4) is 5.75 Å². The zero-order valence-electron chi connectivity index (χ0n) is 14.7. The van der Waals surface area contributed by atoms with Gasteiger partial charge in [-0.1, -0.05) is 18.2 Å². The van der Waals surface area contributed by atoms with E-state index in [-0.39, 0.29) is 10.8 Å². The quantitative estimate of drug-likeness (QED) is 0.883. The van der Waals surface area contributed by atoms with E-state index in [2.05, 4.69) is 0 Å². The molecule has 0 saturated carbocycles. The summed E-state index contributed by atoms with van der Waals surface area (Å²) in [7, 11) is -0.641. The SMILES string of the molecule is COc1cccc(CN(C)C(=O)c2cc(S(N)(=O)=O)c(C)cc2C)c1. The van der Waals surface area contributed by atoms with Crippen molar-refractivity contribution in [3.63, 3.8) is 0 Å². The minimum Gasteiger partial charge on any atom is -0.497 e. The number of sulfonamides is 1. The number of benzene rings is 2. The summed E-state index contributed by atoms with van der Waals surface area (Å²) in [6.45, 7) is 3.79. The van der Waals surface area contributed by atoms with Gasteiger partial charge < -0.3 is 9.64 Å². The van der Waals surface area contributed by atoms with Crippen LogP contribution in [0.5, 0.6) is 5.75 Å². The number of rotatable bonds is 5. The number of methoxy groups -OCH3 is 1. The molecule has 25 heavy (non-hydrogen) atoms. The Balaban J connectivity index is 2.33. The highest BCUT2D eigenvalue weighted by molar-refractivity contribution is 7.89. The van der Waals surface area contributed by atoms with Gasteiger partial charge in [0.2, 0.25) is 10.0 Å². The molecule has 0 saturated heterocycles. The molecule has 0 fully saturated rings. The lowest BCUT2D eigenvalue weighted by atomic mass is 10.0. The van der Waals surface area contributed by atoms with Gasteiger partial charge in [-0.25, -0.2) is 13.6 Å². The average molecular weight is 362 g/mol. The second kappa shape index (κ2) is 7.25. The van der Waals surface area contributed by atoms with E-state index in [1.165, 1.54) is 11.0 Å². The number of primary sulfonamides is 1. The summed E-state index contributed by atoms with van der Waals surface area (Å²) in [6, 6.07) is 10.4. The lowest BCUT2D eigenvalue weighted by molar-refractivity contribution is 0.0784. The van der Waals surface area contributed by atoms with Gasteiger partial charge in [0.15, 0.2) is 0 Å². The summed E-state index contributed by atoms with van der Waals surface area (Å²) in [5, 5.41) is 5.24. The molecule has 2 N–H and O–H groups in total. The van der Waals surface area contributed by atoms with Gasteiger partial charge in [-0.05, 0) is 48.7 Å². The zero-order valence-corrected chi connectivity index (χ0v) is 15.6. The van der Waals surface area contributed by atoms with Gasteiger partial charge in [0.25, 0.3) is 5.91 Å². The molecule has 7 heteroatoms. The molecule has 0 spiro atoms. The Hall–Kier alpha value is -2.38. The first-order valence-electron chi connectivity index (χ1n) is 7.66. The van der Waals surface area contributed by atoms with Gasteiger partial charge in [0.05, 0.1) is 12.0 Å². The summed E-state index contributed by atoms with van der Waals surface area (Å²) in [5.74, 6) is 0.437. The zero-order chi connectivity index (χ0) is 18.8. The number of ether oxygens (including phenoxy) is 1. The number of hydrogen-bond donors (Lipinski definition) is 1. The van der Waals surface area contributed by atoms with Crippen LogP contribution in [0.4, 0.5) is 0 Å². The Morgan fingerprint density at radius 3 is 2.44 bits per heavy atom. The fourth-order valence-corrected chi connectivity index (χ4v) is 3.48. The second-order valence-electron chi connectivity index (χ2n) is 5.99. The van der Waals surface area contributed by atoms with Gasteiger partial charge in [-0.15, -0.1) is 0 Å². The Morgan fingerprint density at radius 2 is 1.84 bits per heavy atom. The van der Waals surface area contributed by atoms with E-state index < -0.39 is 10.0 Å². The van der Waals surface area contributed by atoms with Gasteiger partial charge in [0, 0.05) is 19.2 Å². The van der Waals surface area contributed by atoms with Gasteiger partial charge in [0.1, 0.15) is 5.75 Å². The molecule has 0 bridgehead atoms. The fraction of sp³-hybridized carbons (Fsp3) is 0.278. The summed E-state index contributed by atoms with van der Waals surface area (Å²) >= 11 is 0. The maximum Gasteiger partial charge on any atom is 0.254 e. The molecule has 0 aliphatic rings. The Kier molecular flexibility index (Phi) is 5.49. The Morgan fingerprint density at radius 1 is 1.16 bits per heavy atom. The van der Waals surface area contributed by atoms with E-state index in [9.17, 15) is 13.2 Å². The molecule has 0 heterocycles. The van der Waals surface area contributed by atoms with Crippen molar-refractivity contribution in [2.75, 3.05) is 14.2 Å². The van der Waals surface area contributed by atoms with Crippen LogP contribution in [-0.2, 0) is 16.6 Å². The third-order valence-electron chi connectivity index (χ3n) is 3.96. The van der Waals surface area contributed by atoms with Crippen LogP contribution in [0.15, 0.2) is 41.3 Å². The summed E-state index contributed by atoms with van der Waals surface area (Å²) in [4.78, 5) is 14.3. The number of nitrogens with two attached hydrogens (primary N) is 1. The number of aryl methyl sites for hydroxylation is 2. The monoisotopic (exact) mass is 362 g/mol. The van der Waals surface area contributed by atoms with E-state index >= 15 is 0 Å². The Bertz CT molecular complexity index is 907. The first kappa shape index (κ1) is 19.0. The van der Waals surface area contributed by atoms with Gasteiger partial charge in [-0.3, -0.25) is 4.79 Å². The van der Waals surface area contributed by atoms with Gasteiger partial charge >= 0.3 is 0 Å². The number of amides is 1. The van der Waals surface area contributed by atoms with Crippen molar-refractivity contribution in [2.45, 2.75) is 25.3 Å². The van der Waals surface area contributed by atoms with Crippen LogP contribution in [0.1, 0.15) is 27.0 Å². The second-order valence-corrected chi connectivity index (χ2v) is 7.52. The molecule has 134 valence electrons. The highest BCUT2D eigenvalue weighted by Crippen LogP contribution is 2.22. The lowest BCUT2D eigenvalue weighted by Crippen LogP contribution is -2.27. The maximum absolute atomic E-state index is 12.8. The highest BCUT2D eigenvalue weighted by Gasteiger charge is 2.20. The average Bonchev–Trinajstić information content (AvgIpc) is 2.53. The van der Waals surface area contributed by atoms with Crippen molar-refractivity contribution < 1.29 is 17.9 Å². The molecule has 0 atom stereocenters. The fourth-order valence-electron chi connectivity index (χ4n) is 2.69. The first-order valence-corrected chi connectivity index (χ1v) is 9.20. The molecular formula is C18H22N2O4S. The molecule has 0 unspecified atom stereocenters. The first-order chi connectivity index (χ1) is 11.6. The van der Waals surface area contributed by atoms with Crippen molar-refractivity contribution in [1.82, 2.24) is 4.90 Å². The van der Waals surface area contributed by atoms with Crippen LogP contribution in [0, 0.1) is 13.8 Å².